The quantitative estimate of drug-likeness (QED) is 0.213. The number of unbranched alkanes of at least 4 members (excludes halogenated alkanes) is 1. The molecule has 2 nitrogen and oxygen atoms in total. The second-order valence-corrected chi connectivity index (χ2v) is 8.41. The zero-order valence-electron chi connectivity index (χ0n) is 20.6. The molecule has 1 aromatic heterocycles. The highest BCUT2D eigenvalue weighted by Crippen LogP contribution is 2.37. The Labute approximate surface area is 216 Å². The monoisotopic (exact) mass is 527 g/mol. The van der Waals surface area contributed by atoms with Gasteiger partial charge in [0, 0.05) is 39.6 Å². The molecule has 3 aromatic carbocycles. The zero-order chi connectivity index (χ0) is 27.4. The molecule has 0 fully saturated rings. The first-order valence-electron chi connectivity index (χ1n) is 12.0. The Hall–Kier alpha value is -4.07. The molecule has 0 spiro atoms. The molecule has 0 aliphatic heterocycles. The molecule has 0 N–H and O–H groups in total. The highest BCUT2D eigenvalue weighted by Gasteiger charge is 2.24. The van der Waals surface area contributed by atoms with E-state index in [9.17, 15) is 13.2 Å². The van der Waals surface area contributed by atoms with Crippen LogP contribution in [0.15, 0.2) is 60.8 Å². The molecular weight excluding hydrogens is 504 g/mol. The van der Waals surface area contributed by atoms with Crippen molar-refractivity contribution in [3.05, 3.63) is 101 Å². The molecule has 0 saturated carbocycles. The van der Waals surface area contributed by atoms with Crippen molar-refractivity contribution in [3.8, 4) is 39.1 Å². The van der Waals surface area contributed by atoms with E-state index in [1.54, 1.807) is 19.1 Å². The number of rotatable bonds is 8. The topological polar surface area (TPSA) is 22.1 Å². The van der Waals surface area contributed by atoms with Crippen molar-refractivity contribution in [1.82, 2.24) is 4.98 Å². The van der Waals surface area contributed by atoms with Crippen molar-refractivity contribution in [1.29, 1.82) is 0 Å². The molecule has 4 aromatic rings. The van der Waals surface area contributed by atoms with Crippen LogP contribution in [0.1, 0.15) is 32.4 Å². The van der Waals surface area contributed by atoms with Crippen LogP contribution in [-0.2, 0) is 0 Å². The summed E-state index contributed by atoms with van der Waals surface area (Å²) < 4.78 is 93.9. The van der Waals surface area contributed by atoms with Crippen LogP contribution in [-0.4, -0.2) is 11.6 Å². The zero-order valence-corrected chi connectivity index (χ0v) is 20.6. The van der Waals surface area contributed by atoms with Crippen molar-refractivity contribution in [2.45, 2.75) is 26.7 Å². The number of benzene rings is 3. The summed E-state index contributed by atoms with van der Waals surface area (Å²) in [7, 11) is 0. The standard InChI is InChI=1S/C30H23F6NO/c1-3-5-6-7-18-9-8-17(16-37-18)19-10-11-20(26(32)25(19)31)21-12-13-22(28(34)27(21)33)23-14-15-24(38-4-2)30(36)29(23)35/h6-16H,3-5H2,1-2H3/b7-6+. The van der Waals surface area contributed by atoms with Crippen LogP contribution in [0.25, 0.3) is 39.5 Å². The minimum Gasteiger partial charge on any atom is -0.491 e. The predicted molar refractivity (Wildman–Crippen MR) is 135 cm³/mol. The van der Waals surface area contributed by atoms with E-state index in [-0.39, 0.29) is 17.9 Å². The molecule has 0 saturated heterocycles. The first-order chi connectivity index (χ1) is 18.3. The van der Waals surface area contributed by atoms with Gasteiger partial charge in [0.25, 0.3) is 0 Å². The first kappa shape index (κ1) is 27.0. The van der Waals surface area contributed by atoms with Crippen molar-refractivity contribution in [2.24, 2.45) is 0 Å². The number of nitrogens with zero attached hydrogens (tertiary/aromatic N) is 1. The normalized spacial score (nSPS) is 11.4. The molecule has 8 heteroatoms. The van der Waals surface area contributed by atoms with Gasteiger partial charge in [0.2, 0.25) is 5.82 Å². The molecule has 0 amide bonds. The van der Waals surface area contributed by atoms with Crippen molar-refractivity contribution in [2.75, 3.05) is 6.61 Å². The van der Waals surface area contributed by atoms with E-state index < -0.39 is 57.2 Å². The van der Waals surface area contributed by atoms with E-state index in [4.69, 9.17) is 4.74 Å². The second-order valence-electron chi connectivity index (χ2n) is 8.41. The number of hydrogen-bond acceptors (Lipinski definition) is 2. The summed E-state index contributed by atoms with van der Waals surface area (Å²) >= 11 is 0. The largest absolute Gasteiger partial charge is 0.491 e. The first-order valence-corrected chi connectivity index (χ1v) is 12.0. The van der Waals surface area contributed by atoms with Crippen LogP contribution < -0.4 is 4.74 Å². The number of halogens is 6. The average Bonchev–Trinajstić information content (AvgIpc) is 2.91. The van der Waals surface area contributed by atoms with E-state index >= 15 is 13.2 Å². The van der Waals surface area contributed by atoms with Gasteiger partial charge in [-0.05, 0) is 37.6 Å². The van der Waals surface area contributed by atoms with E-state index in [2.05, 4.69) is 4.98 Å². The Balaban J connectivity index is 1.69. The van der Waals surface area contributed by atoms with Gasteiger partial charge in [-0.3, -0.25) is 4.98 Å². The number of ether oxygens (including phenoxy) is 1. The molecule has 0 aliphatic carbocycles. The fraction of sp³-hybridized carbons (Fsp3) is 0.167. The third kappa shape index (κ3) is 5.16. The second kappa shape index (κ2) is 11.5. The minimum absolute atomic E-state index is 0.0759. The smallest absolute Gasteiger partial charge is 0.201 e. The highest BCUT2D eigenvalue weighted by atomic mass is 19.2. The maximum atomic E-state index is 15.1. The summed E-state index contributed by atoms with van der Waals surface area (Å²) in [4.78, 5) is 4.22. The molecule has 4 rings (SSSR count). The van der Waals surface area contributed by atoms with Gasteiger partial charge in [0.15, 0.2) is 34.8 Å². The molecule has 0 unspecified atom stereocenters. The molecule has 1 heterocycles. The number of pyridine rings is 1. The lowest BCUT2D eigenvalue weighted by Crippen LogP contribution is -2.01. The van der Waals surface area contributed by atoms with E-state index in [0.29, 0.717) is 11.3 Å². The summed E-state index contributed by atoms with van der Waals surface area (Å²) in [6, 6.07) is 9.71. The average molecular weight is 528 g/mol. The van der Waals surface area contributed by atoms with Crippen LogP contribution in [0, 0.1) is 34.9 Å². The molecule has 0 radical (unpaired) electrons. The van der Waals surface area contributed by atoms with Gasteiger partial charge in [-0.2, -0.15) is 4.39 Å². The molecular formula is C30H23F6NO. The molecule has 0 atom stereocenters. The van der Waals surface area contributed by atoms with E-state index in [1.807, 2.05) is 19.1 Å². The lowest BCUT2D eigenvalue weighted by molar-refractivity contribution is 0.314. The van der Waals surface area contributed by atoms with Gasteiger partial charge >= 0.3 is 0 Å². The minimum atomic E-state index is -1.54. The molecule has 0 bridgehead atoms. The lowest BCUT2D eigenvalue weighted by Gasteiger charge is -2.13. The number of hydrogen-bond donors (Lipinski definition) is 0. The van der Waals surface area contributed by atoms with Crippen LogP contribution in [0.4, 0.5) is 26.3 Å². The Kier molecular flexibility index (Phi) is 8.20. The summed E-state index contributed by atoms with van der Waals surface area (Å²) in [5.74, 6) is -8.88. The van der Waals surface area contributed by atoms with Crippen LogP contribution in [0.5, 0.6) is 5.75 Å². The van der Waals surface area contributed by atoms with Gasteiger partial charge in [0.1, 0.15) is 0 Å². The lowest BCUT2D eigenvalue weighted by atomic mass is 9.96. The SMILES string of the molecule is CCC/C=C/c1ccc(-c2ccc(-c3ccc(-c4ccc(OCC)c(F)c4F)c(F)c3F)c(F)c2F)cn1. The Morgan fingerprint density at radius 2 is 1.13 bits per heavy atom. The van der Waals surface area contributed by atoms with Crippen LogP contribution in [0.3, 0.4) is 0 Å². The maximum Gasteiger partial charge on any atom is 0.201 e. The third-order valence-corrected chi connectivity index (χ3v) is 5.93. The fourth-order valence-electron chi connectivity index (χ4n) is 3.99. The molecule has 38 heavy (non-hydrogen) atoms. The van der Waals surface area contributed by atoms with Gasteiger partial charge in [-0.25, -0.2) is 22.0 Å². The van der Waals surface area contributed by atoms with Gasteiger partial charge in [-0.1, -0.05) is 49.8 Å². The Morgan fingerprint density at radius 3 is 1.63 bits per heavy atom. The molecule has 196 valence electrons. The fourth-order valence-corrected chi connectivity index (χ4v) is 3.99. The third-order valence-electron chi connectivity index (χ3n) is 5.93. The predicted octanol–water partition coefficient (Wildman–Crippen LogP) is 9.13. The summed E-state index contributed by atoms with van der Waals surface area (Å²) in [6.07, 6.45) is 7.03. The highest BCUT2D eigenvalue weighted by molar-refractivity contribution is 5.75. The van der Waals surface area contributed by atoms with E-state index in [0.717, 1.165) is 43.2 Å². The summed E-state index contributed by atoms with van der Waals surface area (Å²) in [5.41, 5.74) is -1.38. The van der Waals surface area contributed by atoms with Crippen molar-refractivity contribution in [3.63, 3.8) is 0 Å². The Morgan fingerprint density at radius 1 is 0.632 bits per heavy atom. The van der Waals surface area contributed by atoms with Crippen LogP contribution in [0.2, 0.25) is 0 Å². The number of aromatic nitrogens is 1. The maximum absolute atomic E-state index is 15.1. The van der Waals surface area contributed by atoms with Gasteiger partial charge in [-0.15, -0.1) is 0 Å². The summed E-state index contributed by atoms with van der Waals surface area (Å²) in [5, 5.41) is 0. The summed E-state index contributed by atoms with van der Waals surface area (Å²) in [6.45, 7) is 3.69. The Bertz CT molecular complexity index is 1500. The van der Waals surface area contributed by atoms with Crippen molar-refractivity contribution < 1.29 is 31.1 Å². The van der Waals surface area contributed by atoms with Gasteiger partial charge < -0.3 is 4.74 Å². The van der Waals surface area contributed by atoms with Gasteiger partial charge in [0.05, 0.1) is 12.3 Å². The van der Waals surface area contributed by atoms with E-state index in [1.165, 1.54) is 12.3 Å². The van der Waals surface area contributed by atoms with Crippen LogP contribution >= 0.6 is 0 Å². The molecule has 0 aliphatic rings. The van der Waals surface area contributed by atoms with Crippen molar-refractivity contribution >= 4 is 6.08 Å². The number of allylic oxidation sites excluding steroid dienone is 1.